The number of anilines is 1. The van der Waals surface area contributed by atoms with E-state index in [1.165, 1.54) is 42.4 Å². The van der Waals surface area contributed by atoms with E-state index in [4.69, 9.17) is 23.7 Å². The van der Waals surface area contributed by atoms with Gasteiger partial charge in [-0.3, -0.25) is 5.32 Å². The molecule has 5 atom stereocenters. The number of hydrogen-bond acceptors (Lipinski definition) is 9. The summed E-state index contributed by atoms with van der Waals surface area (Å²) < 4.78 is 70.6. The average molecular weight is 567 g/mol. The first-order chi connectivity index (χ1) is 19.1. The number of methoxy groups -OCH3 is 2. The summed E-state index contributed by atoms with van der Waals surface area (Å²) in [6, 6.07) is 11.9. The molecule has 1 fully saturated rings. The lowest BCUT2D eigenvalue weighted by Crippen LogP contribution is -2.60. The standard InChI is InChI=1S/C26H29F3N4O7/c1-5-37-21-20(35-3)15(2)38-24(22(21)36-4)39-25(34)31-17-8-6-16(7-9-17)23-30-14-33(32-23)18-10-12-19(13-11-18)40-26(27,28)29/h6-15,20-22,24H,5H2,1-4H3,(H,31,34). The number of carbonyl (C=O) groups excluding carboxylic acids is 1. The lowest BCUT2D eigenvalue weighted by molar-refractivity contribution is -0.292. The van der Waals surface area contributed by atoms with Crippen molar-refractivity contribution >= 4 is 11.8 Å². The van der Waals surface area contributed by atoms with Crippen LogP contribution in [0.2, 0.25) is 0 Å². The zero-order valence-electron chi connectivity index (χ0n) is 22.1. The summed E-state index contributed by atoms with van der Waals surface area (Å²) in [5.41, 5.74) is 1.58. The molecule has 216 valence electrons. The molecule has 40 heavy (non-hydrogen) atoms. The fourth-order valence-electron chi connectivity index (χ4n) is 4.30. The molecule has 0 aliphatic carbocycles. The summed E-state index contributed by atoms with van der Waals surface area (Å²) in [7, 11) is 3.03. The molecule has 1 aliphatic rings. The van der Waals surface area contributed by atoms with Crippen molar-refractivity contribution in [2.24, 2.45) is 0 Å². The third kappa shape index (κ3) is 7.07. The molecule has 0 radical (unpaired) electrons. The molecule has 11 nitrogen and oxygen atoms in total. The summed E-state index contributed by atoms with van der Waals surface area (Å²) in [5, 5.41) is 7.01. The highest BCUT2D eigenvalue weighted by Gasteiger charge is 2.47. The lowest BCUT2D eigenvalue weighted by atomic mass is 9.99. The van der Waals surface area contributed by atoms with E-state index in [2.05, 4.69) is 20.1 Å². The average Bonchev–Trinajstić information content (AvgIpc) is 3.39. The Hall–Kier alpha value is -3.72. The van der Waals surface area contributed by atoms with Crippen LogP contribution in [-0.2, 0) is 23.7 Å². The van der Waals surface area contributed by atoms with Gasteiger partial charge in [-0.05, 0) is 62.4 Å². The topological polar surface area (TPSA) is 115 Å². The number of carbonyl (C=O) groups is 1. The molecular weight excluding hydrogens is 537 g/mol. The lowest BCUT2D eigenvalue weighted by Gasteiger charge is -2.43. The van der Waals surface area contributed by atoms with Crippen molar-refractivity contribution < 1.29 is 46.4 Å². The van der Waals surface area contributed by atoms with E-state index in [1.807, 2.05) is 6.92 Å². The van der Waals surface area contributed by atoms with Gasteiger partial charge in [-0.2, -0.15) is 0 Å². The Morgan fingerprint density at radius 3 is 2.30 bits per heavy atom. The van der Waals surface area contributed by atoms with Gasteiger partial charge in [0.1, 0.15) is 30.4 Å². The van der Waals surface area contributed by atoms with E-state index in [1.54, 1.807) is 38.3 Å². The van der Waals surface area contributed by atoms with Gasteiger partial charge in [0.05, 0.1) is 11.8 Å². The monoisotopic (exact) mass is 566 g/mol. The SMILES string of the molecule is CCOC1C(OC)C(C)OC(OC(=O)Nc2ccc(-c3ncn(-c4ccc(OC(F)(F)F)cc4)n3)cc2)C1OC. The second-order valence-corrected chi connectivity index (χ2v) is 8.69. The number of alkyl halides is 3. The number of halogens is 3. The van der Waals surface area contributed by atoms with Crippen LogP contribution in [0.4, 0.5) is 23.7 Å². The smallest absolute Gasteiger partial charge is 0.416 e. The van der Waals surface area contributed by atoms with Crippen LogP contribution < -0.4 is 10.1 Å². The summed E-state index contributed by atoms with van der Waals surface area (Å²) >= 11 is 0. The highest BCUT2D eigenvalue weighted by Crippen LogP contribution is 2.29. The maximum absolute atomic E-state index is 12.6. The number of aromatic nitrogens is 3. The molecule has 0 bridgehead atoms. The molecule has 1 aromatic heterocycles. The molecule has 14 heteroatoms. The first-order valence-electron chi connectivity index (χ1n) is 12.3. The number of amides is 1. The minimum absolute atomic E-state index is 0.339. The van der Waals surface area contributed by atoms with Gasteiger partial charge in [0.2, 0.25) is 6.29 Å². The molecule has 5 unspecified atom stereocenters. The van der Waals surface area contributed by atoms with Crippen molar-refractivity contribution in [1.29, 1.82) is 0 Å². The Kier molecular flexibility index (Phi) is 9.25. The Morgan fingerprint density at radius 2 is 1.70 bits per heavy atom. The zero-order valence-corrected chi connectivity index (χ0v) is 22.1. The first kappa shape index (κ1) is 29.3. The van der Waals surface area contributed by atoms with Crippen molar-refractivity contribution in [1.82, 2.24) is 14.8 Å². The minimum Gasteiger partial charge on any atom is -0.416 e. The summed E-state index contributed by atoms with van der Waals surface area (Å²) in [6.45, 7) is 4.06. The van der Waals surface area contributed by atoms with Gasteiger partial charge >= 0.3 is 12.5 Å². The quantitative estimate of drug-likeness (QED) is 0.398. The van der Waals surface area contributed by atoms with E-state index in [0.717, 1.165) is 0 Å². The van der Waals surface area contributed by atoms with E-state index >= 15 is 0 Å². The van der Waals surface area contributed by atoms with Gasteiger partial charge in [-0.15, -0.1) is 18.3 Å². The van der Waals surface area contributed by atoms with Gasteiger partial charge in [-0.1, -0.05) is 0 Å². The van der Waals surface area contributed by atoms with Crippen molar-refractivity contribution in [3.8, 4) is 22.8 Å². The first-order valence-corrected chi connectivity index (χ1v) is 12.3. The maximum atomic E-state index is 12.6. The molecule has 0 saturated carbocycles. The third-order valence-corrected chi connectivity index (χ3v) is 6.07. The van der Waals surface area contributed by atoms with Crippen LogP contribution >= 0.6 is 0 Å². The molecule has 2 heterocycles. The van der Waals surface area contributed by atoms with Crippen molar-refractivity contribution in [2.45, 2.75) is 50.9 Å². The highest BCUT2D eigenvalue weighted by molar-refractivity contribution is 5.85. The number of ether oxygens (including phenoxy) is 6. The molecule has 1 N–H and O–H groups in total. The molecule has 1 amide bonds. The third-order valence-electron chi connectivity index (χ3n) is 6.07. The number of benzene rings is 2. The largest absolute Gasteiger partial charge is 0.573 e. The number of rotatable bonds is 9. The van der Waals surface area contributed by atoms with E-state index < -0.39 is 43.2 Å². The van der Waals surface area contributed by atoms with E-state index in [0.29, 0.717) is 29.4 Å². The summed E-state index contributed by atoms with van der Waals surface area (Å²) in [6.07, 6.45) is -7.14. The highest BCUT2D eigenvalue weighted by atomic mass is 19.4. The van der Waals surface area contributed by atoms with Crippen LogP contribution in [-0.4, -0.2) is 78.8 Å². The second-order valence-electron chi connectivity index (χ2n) is 8.69. The van der Waals surface area contributed by atoms with E-state index in [9.17, 15) is 18.0 Å². The van der Waals surface area contributed by atoms with Crippen molar-refractivity contribution in [3.05, 3.63) is 54.9 Å². The van der Waals surface area contributed by atoms with Crippen LogP contribution in [0.3, 0.4) is 0 Å². The molecule has 0 spiro atoms. The Morgan fingerprint density at radius 1 is 1.02 bits per heavy atom. The number of hydrogen-bond donors (Lipinski definition) is 1. The van der Waals surface area contributed by atoms with Crippen LogP contribution in [0.15, 0.2) is 54.9 Å². The second kappa shape index (κ2) is 12.6. The normalized spacial score (nSPS) is 23.0. The molecule has 2 aromatic carbocycles. The Balaban J connectivity index is 1.37. The van der Waals surface area contributed by atoms with Gasteiger partial charge < -0.3 is 28.4 Å². The summed E-state index contributed by atoms with van der Waals surface area (Å²) in [4.78, 5) is 16.9. The van der Waals surface area contributed by atoms with Gasteiger partial charge in [-0.25, -0.2) is 14.5 Å². The maximum Gasteiger partial charge on any atom is 0.573 e. The van der Waals surface area contributed by atoms with Crippen LogP contribution in [0.1, 0.15) is 13.8 Å². The van der Waals surface area contributed by atoms with Gasteiger partial charge in [0.25, 0.3) is 0 Å². The fraction of sp³-hybridized carbons (Fsp3) is 0.423. The minimum atomic E-state index is -4.77. The predicted octanol–water partition coefficient (Wildman–Crippen LogP) is 4.56. The van der Waals surface area contributed by atoms with Crippen molar-refractivity contribution in [3.63, 3.8) is 0 Å². The summed E-state index contributed by atoms with van der Waals surface area (Å²) in [5.74, 6) is 0.0284. The molecule has 4 rings (SSSR count). The molecular formula is C26H29F3N4O7. The molecule has 1 saturated heterocycles. The van der Waals surface area contributed by atoms with Crippen LogP contribution in [0.5, 0.6) is 5.75 Å². The zero-order chi connectivity index (χ0) is 28.9. The van der Waals surface area contributed by atoms with Crippen LogP contribution in [0, 0.1) is 0 Å². The van der Waals surface area contributed by atoms with Gasteiger partial charge in [0.15, 0.2) is 5.82 Å². The fourth-order valence-corrected chi connectivity index (χ4v) is 4.30. The Labute approximate surface area is 228 Å². The van der Waals surface area contributed by atoms with Crippen LogP contribution in [0.25, 0.3) is 17.1 Å². The van der Waals surface area contributed by atoms with Gasteiger partial charge in [0, 0.05) is 32.1 Å². The molecule has 1 aliphatic heterocycles. The van der Waals surface area contributed by atoms with Crippen molar-refractivity contribution in [2.75, 3.05) is 26.1 Å². The predicted molar refractivity (Wildman–Crippen MR) is 135 cm³/mol. The molecule has 3 aromatic rings. The van der Waals surface area contributed by atoms with E-state index in [-0.39, 0.29) is 5.75 Å². The number of nitrogens with zero attached hydrogens (tertiary/aromatic N) is 3. The number of nitrogens with one attached hydrogen (secondary N) is 1. The Bertz CT molecular complexity index is 1250.